The fourth-order valence-electron chi connectivity index (χ4n) is 14.4. The van der Waals surface area contributed by atoms with Gasteiger partial charge < -0.3 is 25.5 Å². The van der Waals surface area contributed by atoms with E-state index in [0.717, 1.165) is 101 Å². The van der Waals surface area contributed by atoms with E-state index in [9.17, 15) is 25.5 Å². The molecule has 0 bridgehead atoms. The highest BCUT2D eigenvalue weighted by molar-refractivity contribution is 5.53. The summed E-state index contributed by atoms with van der Waals surface area (Å²) in [7, 11) is 0. The number of rotatable bonds is 14. The molecule has 0 aliphatic rings. The van der Waals surface area contributed by atoms with Gasteiger partial charge in [0.15, 0.2) is 0 Å². The minimum atomic E-state index is 0.392. The molecule has 5 nitrogen and oxygen atoms in total. The summed E-state index contributed by atoms with van der Waals surface area (Å²) in [4.78, 5) is 0. The predicted octanol–water partition coefficient (Wildman–Crippen LogP) is 23.2. The zero-order valence-corrected chi connectivity index (χ0v) is 64.1. The minimum Gasteiger partial charge on any atom is -0.507 e. The summed E-state index contributed by atoms with van der Waals surface area (Å²) in [6.45, 7) is 45.7. The van der Waals surface area contributed by atoms with E-state index in [1.165, 1.54) is 145 Å². The van der Waals surface area contributed by atoms with E-state index < -0.39 is 0 Å². The van der Waals surface area contributed by atoms with Gasteiger partial charge in [0.2, 0.25) is 0 Å². The van der Waals surface area contributed by atoms with Crippen LogP contribution < -0.4 is 0 Å². The zero-order valence-electron chi connectivity index (χ0n) is 64.1. The van der Waals surface area contributed by atoms with Crippen molar-refractivity contribution in [2.24, 2.45) is 0 Å². The van der Waals surface area contributed by atoms with E-state index in [1.54, 1.807) is 0 Å². The average Bonchev–Trinajstić information content (AvgIpc) is 0.817. The topological polar surface area (TPSA) is 101 Å². The quantitative estimate of drug-likeness (QED) is 0.0747. The average molecular weight is 1330 g/mol. The van der Waals surface area contributed by atoms with E-state index in [-0.39, 0.29) is 0 Å². The summed E-state index contributed by atoms with van der Waals surface area (Å²) in [5.74, 6) is 1.99. The van der Waals surface area contributed by atoms with Gasteiger partial charge in [-0.15, -0.1) is 0 Å². The molecular formula is C95H110O5. The molecule has 0 heterocycles. The van der Waals surface area contributed by atoms with Gasteiger partial charge in [0, 0.05) is 0 Å². The van der Waals surface area contributed by atoms with Crippen LogP contribution in [0.4, 0.5) is 0 Å². The molecule has 11 aromatic carbocycles. The van der Waals surface area contributed by atoms with Crippen LogP contribution in [0.15, 0.2) is 152 Å². The van der Waals surface area contributed by atoms with Gasteiger partial charge >= 0.3 is 0 Å². The second-order valence-electron chi connectivity index (χ2n) is 29.5. The second-order valence-corrected chi connectivity index (χ2v) is 29.5. The van der Waals surface area contributed by atoms with Crippen LogP contribution in [-0.2, 0) is 44.9 Å². The van der Waals surface area contributed by atoms with E-state index in [1.807, 2.05) is 69.2 Å². The molecule has 0 spiro atoms. The number of benzene rings is 11. The summed E-state index contributed by atoms with van der Waals surface area (Å²) in [5, 5.41) is 50.2. The molecule has 0 atom stereocenters. The van der Waals surface area contributed by atoms with Gasteiger partial charge in [0.1, 0.15) is 28.7 Å². The Balaban J connectivity index is 0.000000178. The van der Waals surface area contributed by atoms with Gasteiger partial charge in [0.25, 0.3) is 0 Å². The van der Waals surface area contributed by atoms with Crippen LogP contribution in [0, 0.1) is 152 Å². The fraction of sp³-hybridized carbons (Fsp3) is 0.305. The molecule has 100 heavy (non-hydrogen) atoms. The van der Waals surface area contributed by atoms with Crippen LogP contribution in [0.2, 0.25) is 0 Å². The normalized spacial score (nSPS) is 11.0. The lowest BCUT2D eigenvalue weighted by Crippen LogP contribution is -2.02. The molecule has 0 aliphatic heterocycles. The Morgan fingerprint density at radius 3 is 0.490 bits per heavy atom. The maximum atomic E-state index is 10.2. The monoisotopic (exact) mass is 1330 g/mol. The third kappa shape index (κ3) is 19.7. The van der Waals surface area contributed by atoms with Crippen molar-refractivity contribution in [3.05, 3.63) is 352 Å². The van der Waals surface area contributed by atoms with Crippen molar-refractivity contribution in [1.82, 2.24) is 0 Å². The maximum Gasteiger partial charge on any atom is 0.121 e. The van der Waals surface area contributed by atoms with Gasteiger partial charge in [-0.25, -0.2) is 0 Å². The van der Waals surface area contributed by atoms with Crippen LogP contribution >= 0.6 is 0 Å². The van der Waals surface area contributed by atoms with Crippen LogP contribution in [0.25, 0.3) is 0 Å². The van der Waals surface area contributed by atoms with Gasteiger partial charge in [-0.05, 0) is 381 Å². The first-order valence-corrected chi connectivity index (χ1v) is 35.5. The molecule has 520 valence electrons. The van der Waals surface area contributed by atoms with E-state index in [0.29, 0.717) is 28.7 Å². The first-order valence-electron chi connectivity index (χ1n) is 35.5. The summed E-state index contributed by atoms with van der Waals surface area (Å²) in [5.41, 5.74) is 43.7. The van der Waals surface area contributed by atoms with Gasteiger partial charge in [-0.2, -0.15) is 0 Å². The first kappa shape index (κ1) is 76.2. The molecule has 11 rings (SSSR count). The summed E-state index contributed by atoms with van der Waals surface area (Å²) < 4.78 is 0. The molecule has 0 saturated carbocycles. The minimum absolute atomic E-state index is 0.392. The zero-order chi connectivity index (χ0) is 73.3. The number of aromatic hydroxyl groups is 5. The Hall–Kier alpha value is -9.58. The molecule has 0 radical (unpaired) electrons. The van der Waals surface area contributed by atoms with Crippen LogP contribution in [0.5, 0.6) is 28.7 Å². The van der Waals surface area contributed by atoms with E-state index >= 15 is 0 Å². The maximum absolute atomic E-state index is 10.2. The third-order valence-corrected chi connectivity index (χ3v) is 20.4. The SMILES string of the molecule is Cc1cc(C)c(Cc2cc(C)c(O)c(C)c2)cc1Cc1cc(C)c(O)c(C)c1.Cc1cc(C)c(Cc2cc(Cc3cc(C)c(O)c(C)c3)c(C)cc2C)cc1Cc1cc(C)c(O)c(C)c1.Cc1ccc(Cc2cc(C)c(O)c(C)c2)c(C)c1.Cc1ccc(Cc2ccc(C)cc2C)c(C)c1. The van der Waals surface area contributed by atoms with Crippen molar-refractivity contribution >= 4 is 0 Å². The Bertz CT molecular complexity index is 4460. The highest BCUT2D eigenvalue weighted by Gasteiger charge is 2.16. The summed E-state index contributed by atoms with van der Waals surface area (Å²) >= 11 is 0. The molecule has 5 heteroatoms. The van der Waals surface area contributed by atoms with Gasteiger partial charge in [0.05, 0.1) is 0 Å². The van der Waals surface area contributed by atoms with Crippen molar-refractivity contribution < 1.29 is 25.5 Å². The van der Waals surface area contributed by atoms with Crippen LogP contribution in [0.3, 0.4) is 0 Å². The predicted molar refractivity (Wildman–Crippen MR) is 423 cm³/mol. The van der Waals surface area contributed by atoms with E-state index in [4.69, 9.17) is 0 Å². The molecule has 0 aliphatic carbocycles. The molecule has 0 amide bonds. The van der Waals surface area contributed by atoms with Gasteiger partial charge in [-0.3, -0.25) is 0 Å². The van der Waals surface area contributed by atoms with Crippen molar-refractivity contribution in [3.63, 3.8) is 0 Å². The highest BCUT2D eigenvalue weighted by Crippen LogP contribution is 2.33. The number of hydrogen-bond donors (Lipinski definition) is 5. The molecule has 0 fully saturated rings. The second kappa shape index (κ2) is 33.1. The lowest BCUT2D eigenvalue weighted by Gasteiger charge is -2.17. The Morgan fingerprint density at radius 1 is 0.150 bits per heavy atom. The molecular weight excluding hydrogens is 1220 g/mol. The largest absolute Gasteiger partial charge is 0.507 e. The summed E-state index contributed by atoms with van der Waals surface area (Å²) in [6, 6.07) is 54.8. The summed E-state index contributed by atoms with van der Waals surface area (Å²) in [6.07, 6.45) is 6.30. The van der Waals surface area contributed by atoms with Crippen molar-refractivity contribution in [3.8, 4) is 28.7 Å². The van der Waals surface area contributed by atoms with Crippen molar-refractivity contribution in [1.29, 1.82) is 0 Å². The van der Waals surface area contributed by atoms with Crippen molar-refractivity contribution in [2.45, 2.75) is 197 Å². The van der Waals surface area contributed by atoms with Crippen LogP contribution in [-0.4, -0.2) is 25.5 Å². The Kier molecular flexibility index (Phi) is 25.2. The number of phenolic OH excluding ortho intramolecular Hbond substituents is 5. The van der Waals surface area contributed by atoms with Crippen molar-refractivity contribution in [2.75, 3.05) is 0 Å². The third-order valence-electron chi connectivity index (χ3n) is 20.4. The first-order chi connectivity index (χ1) is 47.1. The molecule has 11 aromatic rings. The van der Waals surface area contributed by atoms with E-state index in [2.05, 4.69) is 235 Å². The fourth-order valence-corrected chi connectivity index (χ4v) is 14.4. The number of hydrogen-bond acceptors (Lipinski definition) is 5. The lowest BCUT2D eigenvalue weighted by molar-refractivity contribution is 0.466. The standard InChI is InChI=1S/C35H40O2.C26H30O2.C17H20O.C17H20/c1-20-9-22(3)32(17-30(20)15-28-11-24(5)34(36)25(6)12-28)19-33-18-31(21(2)10-23(33)4)16-29-13-26(7)35(37)27(8)14-29;1-15-7-16(2)24(13-22-10-19(5)26(28)20(6)11-22)14-23(15)12-21-8-17(3)25(27)18(4)9-21;1-11-5-6-16(12(2)7-11)10-15-8-13(3)17(18)14(4)9-15;1-12-5-7-16(14(3)9-12)11-17-8-6-13(2)10-15(17)4/h9-14,17-18,36-37H,15-16,19H2,1-8H3;7-11,14,27-28H,12-13H2,1-6H3;5-9,18H,10H2,1-4H3;5-10H,11H2,1-4H3. The highest BCUT2D eigenvalue weighted by atomic mass is 16.3. The molecule has 5 N–H and O–H groups in total. The molecule has 0 aromatic heterocycles. The molecule has 0 unspecified atom stereocenters. The van der Waals surface area contributed by atoms with Crippen LogP contribution in [0.1, 0.15) is 200 Å². The lowest BCUT2D eigenvalue weighted by atomic mass is 9.88. The number of phenols is 5. The Morgan fingerprint density at radius 2 is 0.300 bits per heavy atom. The smallest absolute Gasteiger partial charge is 0.121 e. The number of aryl methyl sites for hydroxylation is 22. The molecule has 0 saturated heterocycles. The van der Waals surface area contributed by atoms with Gasteiger partial charge in [-0.1, -0.05) is 168 Å². The Labute approximate surface area is 600 Å².